The first-order valence-corrected chi connectivity index (χ1v) is 8.80. The Morgan fingerprint density at radius 2 is 2.20 bits per heavy atom. The number of hydrogen-bond acceptors (Lipinski definition) is 3. The van der Waals surface area contributed by atoms with Crippen LogP contribution in [0.1, 0.15) is 27.4 Å². The van der Waals surface area contributed by atoms with Gasteiger partial charge in [0.1, 0.15) is 11.5 Å². The van der Waals surface area contributed by atoms with E-state index in [1.807, 2.05) is 36.4 Å². The monoisotopic (exact) mass is 473 g/mol. The third-order valence-electron chi connectivity index (χ3n) is 3.78. The van der Waals surface area contributed by atoms with Crippen LogP contribution in [0.4, 0.5) is 10.1 Å². The predicted octanol–water partition coefficient (Wildman–Crippen LogP) is 3.92. The summed E-state index contributed by atoms with van der Waals surface area (Å²) in [7, 11) is 0. The molecule has 0 aliphatic rings. The van der Waals surface area contributed by atoms with Gasteiger partial charge in [0.05, 0.1) is 33.4 Å². The number of amides is 1. The normalized spacial score (nSPS) is 10.9. The van der Waals surface area contributed by atoms with Crippen LogP contribution in [0, 0.1) is 23.2 Å². The summed E-state index contributed by atoms with van der Waals surface area (Å²) < 4.78 is 15.6. The van der Waals surface area contributed by atoms with Crippen molar-refractivity contribution in [2.45, 2.75) is 20.4 Å². The van der Waals surface area contributed by atoms with Crippen LogP contribution in [0.5, 0.6) is 0 Å². The molecule has 0 fully saturated rings. The molecule has 2 N–H and O–H groups in total. The van der Waals surface area contributed by atoms with Crippen molar-refractivity contribution in [2.75, 3.05) is 5.32 Å². The quantitative estimate of drug-likeness (QED) is 0.564. The third-order valence-corrected chi connectivity index (χ3v) is 4.95. The summed E-state index contributed by atoms with van der Waals surface area (Å²) in [5.74, 6) is -0.670. The van der Waals surface area contributed by atoms with Crippen molar-refractivity contribution in [3.8, 4) is 0 Å². The van der Waals surface area contributed by atoms with Crippen molar-refractivity contribution >= 4 is 45.8 Å². The molecule has 1 amide bonds. The number of carbonyl (C=O) groups excluding carboxylic acids is 1. The van der Waals surface area contributed by atoms with Gasteiger partial charge in [-0.05, 0) is 54.1 Å². The summed E-state index contributed by atoms with van der Waals surface area (Å²) in [6, 6.07) is 4.25. The number of aromatic amines is 1. The lowest BCUT2D eigenvalue weighted by molar-refractivity contribution is 0.102. The summed E-state index contributed by atoms with van der Waals surface area (Å²) in [5.41, 5.74) is 3.23. The lowest BCUT2D eigenvalue weighted by Gasteiger charge is -2.08. The molecule has 6 nitrogen and oxygen atoms in total. The minimum Gasteiger partial charge on any atom is -0.317 e. The largest absolute Gasteiger partial charge is 0.317 e. The second-order valence-electron chi connectivity index (χ2n) is 5.49. The smallest absolute Gasteiger partial charge is 0.274 e. The minimum atomic E-state index is -0.385. The van der Waals surface area contributed by atoms with Crippen LogP contribution in [-0.4, -0.2) is 25.9 Å². The number of nitrogens with zero attached hydrogens (tertiary/aromatic N) is 3. The van der Waals surface area contributed by atoms with Crippen molar-refractivity contribution in [1.82, 2.24) is 20.0 Å². The number of hydrogen-bond donors (Lipinski definition) is 2. The molecule has 1 aromatic carbocycles. The van der Waals surface area contributed by atoms with Gasteiger partial charge < -0.3 is 5.32 Å². The molecule has 0 aliphatic heterocycles. The molecule has 0 unspecified atom stereocenters. The Balaban J connectivity index is 1.86. The molecule has 25 heavy (non-hydrogen) atoms. The highest BCUT2D eigenvalue weighted by Gasteiger charge is 2.18. The van der Waals surface area contributed by atoms with Crippen LogP contribution in [0.25, 0.3) is 0 Å². The number of rotatable bonds is 4. The number of anilines is 1. The van der Waals surface area contributed by atoms with Gasteiger partial charge in [-0.2, -0.15) is 10.2 Å². The first kappa shape index (κ1) is 17.9. The fourth-order valence-electron chi connectivity index (χ4n) is 2.45. The topological polar surface area (TPSA) is 75.6 Å². The SMILES string of the molecule is Cc1nn(Cc2ccc(F)cc2Cl)c(C)c1NC(=O)c1[nH]ncc1I. The van der Waals surface area contributed by atoms with Gasteiger partial charge in [0.2, 0.25) is 0 Å². The molecular weight excluding hydrogens is 460 g/mol. The fourth-order valence-corrected chi connectivity index (χ4v) is 3.18. The highest BCUT2D eigenvalue weighted by atomic mass is 127. The maximum Gasteiger partial charge on any atom is 0.274 e. The molecule has 0 atom stereocenters. The summed E-state index contributed by atoms with van der Waals surface area (Å²) in [6.45, 7) is 4.04. The second-order valence-corrected chi connectivity index (χ2v) is 7.06. The molecule has 0 saturated heterocycles. The molecule has 0 saturated carbocycles. The summed E-state index contributed by atoms with van der Waals surface area (Å²) >= 11 is 8.12. The van der Waals surface area contributed by atoms with Gasteiger partial charge in [0, 0.05) is 5.02 Å². The standard InChI is InChI=1S/C16H14ClFIN5O/c1-8-14(21-16(25)15-13(19)6-20-22-15)9(2)24(23-8)7-10-3-4-11(18)5-12(10)17/h3-6H,7H2,1-2H3,(H,20,22)(H,21,25). The summed E-state index contributed by atoms with van der Waals surface area (Å²) in [5, 5.41) is 14.2. The maximum atomic E-state index is 13.2. The zero-order chi connectivity index (χ0) is 18.1. The van der Waals surface area contributed by atoms with Crippen molar-refractivity contribution in [3.63, 3.8) is 0 Å². The summed E-state index contributed by atoms with van der Waals surface area (Å²) in [4.78, 5) is 12.4. The van der Waals surface area contributed by atoms with Gasteiger partial charge in [-0.25, -0.2) is 4.39 Å². The zero-order valence-corrected chi connectivity index (χ0v) is 16.3. The number of H-pyrrole nitrogens is 1. The van der Waals surface area contributed by atoms with E-state index in [-0.39, 0.29) is 11.7 Å². The number of halogens is 3. The molecule has 9 heteroatoms. The number of aromatic nitrogens is 4. The summed E-state index contributed by atoms with van der Waals surface area (Å²) in [6.07, 6.45) is 1.58. The maximum absolute atomic E-state index is 13.2. The van der Waals surface area contributed by atoms with Gasteiger partial charge >= 0.3 is 0 Å². The number of benzene rings is 1. The fraction of sp³-hybridized carbons (Fsp3) is 0.188. The van der Waals surface area contributed by atoms with Gasteiger partial charge in [0.15, 0.2) is 0 Å². The van der Waals surface area contributed by atoms with E-state index in [9.17, 15) is 9.18 Å². The highest BCUT2D eigenvalue weighted by Crippen LogP contribution is 2.24. The second kappa shape index (κ2) is 7.12. The van der Waals surface area contributed by atoms with Crippen LogP contribution in [-0.2, 0) is 6.54 Å². The van der Waals surface area contributed by atoms with E-state index in [4.69, 9.17) is 11.6 Å². The average molecular weight is 474 g/mol. The Kier molecular flexibility index (Phi) is 5.09. The van der Waals surface area contributed by atoms with E-state index < -0.39 is 0 Å². The molecule has 2 aromatic heterocycles. The molecule has 2 heterocycles. The highest BCUT2D eigenvalue weighted by molar-refractivity contribution is 14.1. The number of aryl methyl sites for hydroxylation is 1. The molecular formula is C16H14ClFIN5O. The zero-order valence-electron chi connectivity index (χ0n) is 13.4. The Labute approximate surface area is 161 Å². The lowest BCUT2D eigenvalue weighted by Crippen LogP contribution is -2.15. The van der Waals surface area contributed by atoms with Crippen molar-refractivity contribution < 1.29 is 9.18 Å². The molecule has 0 bridgehead atoms. The van der Waals surface area contributed by atoms with E-state index in [1.54, 1.807) is 16.9 Å². The van der Waals surface area contributed by atoms with Crippen molar-refractivity contribution in [1.29, 1.82) is 0 Å². The van der Waals surface area contributed by atoms with Gasteiger partial charge in [-0.15, -0.1) is 0 Å². The van der Waals surface area contributed by atoms with Gasteiger partial charge in [-0.3, -0.25) is 14.6 Å². The first-order chi connectivity index (χ1) is 11.9. The van der Waals surface area contributed by atoms with Crippen LogP contribution >= 0.6 is 34.2 Å². The molecule has 3 rings (SSSR count). The van der Waals surface area contributed by atoms with Gasteiger partial charge in [0.25, 0.3) is 5.91 Å². The van der Waals surface area contributed by atoms with Crippen molar-refractivity contribution in [3.05, 3.63) is 61.5 Å². The Morgan fingerprint density at radius 1 is 1.44 bits per heavy atom. The van der Waals surface area contributed by atoms with Crippen LogP contribution in [0.3, 0.4) is 0 Å². The Hall–Kier alpha value is -1.94. The molecule has 130 valence electrons. The van der Waals surface area contributed by atoms with Crippen molar-refractivity contribution in [2.24, 2.45) is 0 Å². The molecule has 3 aromatic rings. The van der Waals surface area contributed by atoms with Gasteiger partial charge in [-0.1, -0.05) is 17.7 Å². The Morgan fingerprint density at radius 3 is 2.84 bits per heavy atom. The predicted molar refractivity (Wildman–Crippen MR) is 101 cm³/mol. The molecule has 0 aliphatic carbocycles. The lowest BCUT2D eigenvalue weighted by atomic mass is 10.2. The van der Waals surface area contributed by atoms with Crippen LogP contribution in [0.15, 0.2) is 24.4 Å². The minimum absolute atomic E-state index is 0.285. The van der Waals surface area contributed by atoms with E-state index in [2.05, 4.69) is 20.6 Å². The van der Waals surface area contributed by atoms with E-state index in [1.165, 1.54) is 12.1 Å². The third kappa shape index (κ3) is 3.69. The Bertz CT molecular complexity index is 952. The molecule has 0 spiro atoms. The molecule has 0 radical (unpaired) electrons. The van der Waals surface area contributed by atoms with Crippen LogP contribution in [0.2, 0.25) is 5.02 Å². The van der Waals surface area contributed by atoms with E-state index >= 15 is 0 Å². The average Bonchev–Trinajstić information content (AvgIpc) is 3.09. The van der Waals surface area contributed by atoms with Crippen LogP contribution < -0.4 is 5.32 Å². The number of carbonyl (C=O) groups is 1. The van der Waals surface area contributed by atoms with E-state index in [0.717, 1.165) is 14.8 Å². The first-order valence-electron chi connectivity index (χ1n) is 7.35. The number of nitrogens with one attached hydrogen (secondary N) is 2. The van der Waals surface area contributed by atoms with E-state index in [0.29, 0.717) is 28.6 Å².